The minimum Gasteiger partial charge on any atom is -0.384 e. The van der Waals surface area contributed by atoms with Crippen LogP contribution < -0.4 is 11.1 Å². The number of aryl methyl sites for hydroxylation is 1. The second kappa shape index (κ2) is 5.45. The quantitative estimate of drug-likeness (QED) is 0.650. The number of nitrogen functional groups attached to an aromatic ring is 1. The van der Waals surface area contributed by atoms with Crippen LogP contribution in [0.2, 0.25) is 0 Å². The number of aromatic nitrogens is 3. The van der Waals surface area contributed by atoms with E-state index in [9.17, 15) is 10.1 Å². The van der Waals surface area contributed by atoms with Gasteiger partial charge in [0.2, 0.25) is 0 Å². The third-order valence-corrected chi connectivity index (χ3v) is 3.92. The highest BCUT2D eigenvalue weighted by Crippen LogP contribution is 2.30. The van der Waals surface area contributed by atoms with Crippen LogP contribution in [-0.2, 0) is 13.6 Å². The molecule has 0 aromatic carbocycles. The normalized spacial score (nSPS) is 10.6. The third-order valence-electron chi connectivity index (χ3n) is 2.94. The van der Waals surface area contributed by atoms with Crippen molar-refractivity contribution in [3.8, 4) is 0 Å². The minimum absolute atomic E-state index is 0.0247. The molecule has 0 amide bonds. The summed E-state index contributed by atoms with van der Waals surface area (Å²) in [4.78, 5) is 14.4. The summed E-state index contributed by atoms with van der Waals surface area (Å²) < 4.78 is 2.13. The van der Waals surface area contributed by atoms with Gasteiger partial charge in [-0.3, -0.25) is 14.8 Å². The number of hydrogen-bond acceptors (Lipinski definition) is 6. The Morgan fingerprint density at radius 3 is 2.80 bits per heavy atom. The van der Waals surface area contributed by atoms with Gasteiger partial charge in [-0.1, -0.05) is 0 Å². The molecule has 0 fully saturated rings. The van der Waals surface area contributed by atoms with E-state index in [0.29, 0.717) is 28.2 Å². The van der Waals surface area contributed by atoms with Crippen LogP contribution in [0.25, 0.3) is 0 Å². The third kappa shape index (κ3) is 2.57. The Morgan fingerprint density at radius 1 is 1.55 bits per heavy atom. The van der Waals surface area contributed by atoms with E-state index in [2.05, 4.69) is 31.3 Å². The highest BCUT2D eigenvalue weighted by molar-refractivity contribution is 9.10. The summed E-state index contributed by atoms with van der Waals surface area (Å²) >= 11 is 3.32. The van der Waals surface area contributed by atoms with Crippen molar-refractivity contribution >= 4 is 33.3 Å². The first-order valence-corrected chi connectivity index (χ1v) is 6.50. The first-order chi connectivity index (χ1) is 9.41. The molecule has 0 spiro atoms. The molecule has 0 aliphatic rings. The van der Waals surface area contributed by atoms with Crippen molar-refractivity contribution in [2.45, 2.75) is 13.5 Å². The maximum absolute atomic E-state index is 10.8. The van der Waals surface area contributed by atoms with E-state index in [1.807, 2.05) is 0 Å². The molecule has 0 radical (unpaired) electrons. The van der Waals surface area contributed by atoms with Crippen molar-refractivity contribution in [3.63, 3.8) is 0 Å². The molecule has 0 unspecified atom stereocenters. The minimum atomic E-state index is -0.462. The number of hydrogen-bond donors (Lipinski definition) is 2. The van der Waals surface area contributed by atoms with Gasteiger partial charge in [0.25, 0.3) is 5.69 Å². The average Bonchev–Trinajstić information content (AvgIpc) is 2.71. The smallest absolute Gasteiger partial charge is 0.291 e. The average molecular weight is 341 g/mol. The number of rotatable bonds is 4. The summed E-state index contributed by atoms with van der Waals surface area (Å²) in [7, 11) is 1.75. The highest BCUT2D eigenvalue weighted by atomic mass is 79.9. The Labute approximate surface area is 123 Å². The van der Waals surface area contributed by atoms with Crippen molar-refractivity contribution in [1.29, 1.82) is 0 Å². The van der Waals surface area contributed by atoms with Gasteiger partial charge >= 0.3 is 0 Å². The van der Waals surface area contributed by atoms with Gasteiger partial charge in [-0.15, -0.1) is 0 Å². The van der Waals surface area contributed by atoms with Crippen molar-refractivity contribution in [2.75, 3.05) is 11.1 Å². The van der Waals surface area contributed by atoms with Gasteiger partial charge in [0.15, 0.2) is 0 Å². The zero-order chi connectivity index (χ0) is 14.9. The maximum atomic E-state index is 10.8. The number of nitrogens with one attached hydrogen (secondary N) is 1. The van der Waals surface area contributed by atoms with E-state index in [0.717, 1.165) is 5.56 Å². The molecule has 106 valence electrons. The number of nitro groups is 1. The molecule has 2 aromatic rings. The molecule has 2 aromatic heterocycles. The number of pyridine rings is 1. The standard InChI is InChI=1S/C11H13BrN6O2/c1-6-8(18(19)20)5-15-11(9(6)12)14-3-7-4-16-17(2)10(7)13/h4-5H,3,13H2,1-2H3,(H,14,15). The lowest BCUT2D eigenvalue weighted by molar-refractivity contribution is -0.385. The Bertz CT molecular complexity index is 669. The number of nitrogens with zero attached hydrogens (tertiary/aromatic N) is 4. The second-order valence-electron chi connectivity index (χ2n) is 4.22. The zero-order valence-corrected chi connectivity index (χ0v) is 12.5. The molecule has 8 nitrogen and oxygen atoms in total. The molecule has 3 N–H and O–H groups in total. The van der Waals surface area contributed by atoms with Crippen molar-refractivity contribution in [3.05, 3.63) is 38.1 Å². The highest BCUT2D eigenvalue weighted by Gasteiger charge is 2.17. The monoisotopic (exact) mass is 340 g/mol. The van der Waals surface area contributed by atoms with Crippen molar-refractivity contribution in [1.82, 2.24) is 14.8 Å². The Kier molecular flexibility index (Phi) is 3.89. The van der Waals surface area contributed by atoms with Gasteiger partial charge in [0, 0.05) is 24.7 Å². The van der Waals surface area contributed by atoms with Crippen molar-refractivity contribution < 1.29 is 4.92 Å². The van der Waals surface area contributed by atoms with Gasteiger partial charge in [0.1, 0.15) is 17.8 Å². The first-order valence-electron chi connectivity index (χ1n) is 5.71. The largest absolute Gasteiger partial charge is 0.384 e. The Balaban J connectivity index is 2.21. The van der Waals surface area contributed by atoms with E-state index in [1.165, 1.54) is 6.20 Å². The van der Waals surface area contributed by atoms with Crippen LogP contribution in [0.3, 0.4) is 0 Å². The topological polar surface area (TPSA) is 112 Å². The predicted octanol–water partition coefficient (Wildman–Crippen LogP) is 1.99. The fourth-order valence-corrected chi connectivity index (χ4v) is 2.13. The summed E-state index contributed by atoms with van der Waals surface area (Å²) in [6, 6.07) is 0. The fraction of sp³-hybridized carbons (Fsp3) is 0.273. The van der Waals surface area contributed by atoms with E-state index in [4.69, 9.17) is 5.73 Å². The van der Waals surface area contributed by atoms with Crippen LogP contribution in [0.4, 0.5) is 17.3 Å². The fourth-order valence-electron chi connectivity index (χ4n) is 1.68. The van der Waals surface area contributed by atoms with Gasteiger partial charge in [0.05, 0.1) is 15.6 Å². The van der Waals surface area contributed by atoms with Gasteiger partial charge < -0.3 is 11.1 Å². The summed E-state index contributed by atoms with van der Waals surface area (Å²) in [5.41, 5.74) is 7.16. The molecule has 20 heavy (non-hydrogen) atoms. The number of halogens is 1. The lowest BCUT2D eigenvalue weighted by Gasteiger charge is -2.09. The first kappa shape index (κ1) is 14.3. The molecule has 0 atom stereocenters. The lowest BCUT2D eigenvalue weighted by Crippen LogP contribution is -2.06. The maximum Gasteiger partial charge on any atom is 0.291 e. The Morgan fingerprint density at radius 2 is 2.25 bits per heavy atom. The van der Waals surface area contributed by atoms with Crippen LogP contribution in [0, 0.1) is 17.0 Å². The summed E-state index contributed by atoms with van der Waals surface area (Å²) in [6.07, 6.45) is 2.89. The van der Waals surface area contributed by atoms with Crippen LogP contribution in [0.5, 0.6) is 0 Å². The molecule has 0 saturated heterocycles. The lowest BCUT2D eigenvalue weighted by atomic mass is 10.2. The molecule has 0 aliphatic carbocycles. The van der Waals surface area contributed by atoms with Gasteiger partial charge in [-0.05, 0) is 22.9 Å². The predicted molar refractivity (Wildman–Crippen MR) is 78.3 cm³/mol. The molecular formula is C11H13BrN6O2. The summed E-state index contributed by atoms with van der Waals surface area (Å²) in [5, 5.41) is 17.9. The molecule has 2 rings (SSSR count). The summed E-state index contributed by atoms with van der Waals surface area (Å²) in [5.74, 6) is 1.09. The number of nitrogens with two attached hydrogens (primary N) is 1. The van der Waals surface area contributed by atoms with Crippen LogP contribution in [0.15, 0.2) is 16.9 Å². The van der Waals surface area contributed by atoms with Gasteiger partial charge in [-0.25, -0.2) is 4.98 Å². The van der Waals surface area contributed by atoms with Crippen LogP contribution in [0.1, 0.15) is 11.1 Å². The van der Waals surface area contributed by atoms with E-state index in [1.54, 1.807) is 24.9 Å². The molecular weight excluding hydrogens is 328 g/mol. The molecule has 9 heteroatoms. The van der Waals surface area contributed by atoms with Gasteiger partial charge in [-0.2, -0.15) is 5.10 Å². The molecule has 0 saturated carbocycles. The van der Waals surface area contributed by atoms with E-state index in [-0.39, 0.29) is 5.69 Å². The molecule has 0 aliphatic heterocycles. The van der Waals surface area contributed by atoms with Crippen molar-refractivity contribution in [2.24, 2.45) is 7.05 Å². The Hall–Kier alpha value is -2.16. The van der Waals surface area contributed by atoms with E-state index >= 15 is 0 Å². The number of anilines is 2. The molecule has 0 bridgehead atoms. The second-order valence-corrected chi connectivity index (χ2v) is 5.01. The zero-order valence-electron chi connectivity index (χ0n) is 10.9. The van der Waals surface area contributed by atoms with E-state index < -0.39 is 4.92 Å². The molecule has 2 heterocycles. The van der Waals surface area contributed by atoms with Crippen LogP contribution in [-0.4, -0.2) is 19.7 Å². The van der Waals surface area contributed by atoms with Crippen LogP contribution >= 0.6 is 15.9 Å². The SMILES string of the molecule is Cc1c([N+](=O)[O-])cnc(NCc2cnn(C)c2N)c1Br. The summed E-state index contributed by atoms with van der Waals surface area (Å²) in [6.45, 7) is 2.09.